The minimum atomic E-state index is 1.11. The fourth-order valence-corrected chi connectivity index (χ4v) is 3.44. The fraction of sp³-hybridized carbons (Fsp3) is 0.600. The maximum Gasteiger partial charge on any atom is 0.0163 e. The van der Waals surface area contributed by atoms with Gasteiger partial charge in [-0.3, -0.25) is 0 Å². The van der Waals surface area contributed by atoms with Gasteiger partial charge >= 0.3 is 0 Å². The highest BCUT2D eigenvalue weighted by atomic mass is 32.1. The summed E-state index contributed by atoms with van der Waals surface area (Å²) >= 11 is 3.85. The second kappa shape index (κ2) is 16.8. The summed E-state index contributed by atoms with van der Waals surface area (Å²) < 4.78 is 0. The molecule has 2 rings (SSSR count). The molecule has 0 spiro atoms. The third-order valence-electron chi connectivity index (χ3n) is 2.71. The summed E-state index contributed by atoms with van der Waals surface area (Å²) in [4.78, 5) is 5.87. The topological polar surface area (TPSA) is 0 Å². The van der Waals surface area contributed by atoms with Gasteiger partial charge in [0.15, 0.2) is 0 Å². The average Bonchev–Trinajstić information content (AvgIpc) is 3.20. The Morgan fingerprint density at radius 3 is 1.50 bits per heavy atom. The molecule has 0 aliphatic rings. The molecule has 0 nitrogen and oxygen atoms in total. The Labute approximate surface area is 147 Å². The van der Waals surface area contributed by atoms with Crippen molar-refractivity contribution in [2.24, 2.45) is 0 Å². The molecular formula is C20H36S2. The molecular weight excluding hydrogens is 304 g/mol. The molecule has 0 aromatic carbocycles. The molecule has 0 atom stereocenters. The molecule has 0 aliphatic heterocycles. The van der Waals surface area contributed by atoms with Gasteiger partial charge in [0, 0.05) is 25.9 Å². The first-order chi connectivity index (χ1) is 10.7. The van der Waals surface area contributed by atoms with Crippen molar-refractivity contribution < 1.29 is 0 Å². The predicted molar refractivity (Wildman–Crippen MR) is 109 cm³/mol. The van der Waals surface area contributed by atoms with E-state index in [0.29, 0.717) is 0 Å². The number of hydrogen-bond donors (Lipinski definition) is 0. The van der Waals surface area contributed by atoms with Gasteiger partial charge in [-0.2, -0.15) is 0 Å². The van der Waals surface area contributed by atoms with E-state index in [1.165, 1.54) is 32.4 Å². The van der Waals surface area contributed by atoms with Gasteiger partial charge in [0.25, 0.3) is 0 Å². The zero-order valence-electron chi connectivity index (χ0n) is 16.0. The lowest BCUT2D eigenvalue weighted by Gasteiger charge is -1.92. The van der Waals surface area contributed by atoms with E-state index in [2.05, 4.69) is 52.0 Å². The van der Waals surface area contributed by atoms with Crippen LogP contribution < -0.4 is 0 Å². The Hall–Kier alpha value is -0.600. The summed E-state index contributed by atoms with van der Waals surface area (Å²) in [6.45, 7) is 16.7. The highest BCUT2D eigenvalue weighted by Crippen LogP contribution is 2.24. The SMILES string of the molecule is CC.CC.CCCC.CCc1ccc(Cc2ccc(C)s2)s1. The molecule has 0 saturated carbocycles. The summed E-state index contributed by atoms with van der Waals surface area (Å²) in [5.41, 5.74) is 0. The van der Waals surface area contributed by atoms with Crippen LogP contribution in [0.2, 0.25) is 0 Å². The van der Waals surface area contributed by atoms with Crippen molar-refractivity contribution >= 4 is 22.7 Å². The first-order valence-electron chi connectivity index (χ1n) is 8.82. The van der Waals surface area contributed by atoms with E-state index in [1.807, 2.05) is 50.4 Å². The second-order valence-corrected chi connectivity index (χ2v) is 7.04. The van der Waals surface area contributed by atoms with Crippen LogP contribution in [-0.2, 0) is 12.8 Å². The predicted octanol–water partition coefficient (Wildman–Crippen LogP) is 8.13. The molecule has 0 saturated heterocycles. The van der Waals surface area contributed by atoms with E-state index >= 15 is 0 Å². The van der Waals surface area contributed by atoms with Gasteiger partial charge in [0.1, 0.15) is 0 Å². The number of aryl methyl sites for hydroxylation is 2. The van der Waals surface area contributed by atoms with Crippen LogP contribution >= 0.6 is 22.7 Å². The second-order valence-electron chi connectivity index (χ2n) is 4.41. The molecule has 0 radical (unpaired) electrons. The van der Waals surface area contributed by atoms with Crippen molar-refractivity contribution in [2.45, 2.75) is 81.1 Å². The number of unbranched alkanes of at least 4 members (excludes halogenated alkanes) is 1. The van der Waals surface area contributed by atoms with Crippen LogP contribution in [0.1, 0.15) is 80.8 Å². The van der Waals surface area contributed by atoms with Gasteiger partial charge in [0.2, 0.25) is 0 Å². The normalized spacial score (nSPS) is 8.73. The van der Waals surface area contributed by atoms with Gasteiger partial charge in [-0.05, 0) is 37.6 Å². The van der Waals surface area contributed by atoms with Crippen LogP contribution in [0.15, 0.2) is 24.3 Å². The number of hydrogen-bond acceptors (Lipinski definition) is 2. The van der Waals surface area contributed by atoms with E-state index in [-0.39, 0.29) is 0 Å². The summed E-state index contributed by atoms with van der Waals surface area (Å²) in [6, 6.07) is 8.96. The van der Waals surface area contributed by atoms with E-state index in [1.54, 1.807) is 0 Å². The summed E-state index contributed by atoms with van der Waals surface area (Å²) in [5.74, 6) is 0. The van der Waals surface area contributed by atoms with Crippen LogP contribution in [0.5, 0.6) is 0 Å². The first kappa shape index (κ1) is 23.7. The molecule has 0 N–H and O–H groups in total. The van der Waals surface area contributed by atoms with Crippen LogP contribution in [0.3, 0.4) is 0 Å². The molecule has 2 heteroatoms. The molecule has 22 heavy (non-hydrogen) atoms. The lowest BCUT2D eigenvalue weighted by molar-refractivity contribution is 0.886. The molecule has 2 aromatic rings. The van der Waals surface area contributed by atoms with Crippen LogP contribution in [0.25, 0.3) is 0 Å². The maximum atomic E-state index is 2.26. The van der Waals surface area contributed by atoms with Gasteiger partial charge in [0.05, 0.1) is 0 Å². The average molecular weight is 341 g/mol. The summed E-state index contributed by atoms with van der Waals surface area (Å²) in [6.07, 6.45) is 4.91. The molecule has 128 valence electrons. The van der Waals surface area contributed by atoms with Crippen molar-refractivity contribution in [3.05, 3.63) is 43.8 Å². The largest absolute Gasteiger partial charge is 0.145 e. The van der Waals surface area contributed by atoms with Crippen molar-refractivity contribution in [1.29, 1.82) is 0 Å². The molecule has 0 amide bonds. The van der Waals surface area contributed by atoms with Gasteiger partial charge in [-0.1, -0.05) is 61.3 Å². The van der Waals surface area contributed by atoms with E-state index in [4.69, 9.17) is 0 Å². The van der Waals surface area contributed by atoms with Crippen LogP contribution in [0, 0.1) is 6.92 Å². The van der Waals surface area contributed by atoms with Crippen molar-refractivity contribution in [3.63, 3.8) is 0 Å². The summed E-state index contributed by atoms with van der Waals surface area (Å²) in [5, 5.41) is 0. The molecule has 0 bridgehead atoms. The van der Waals surface area contributed by atoms with Crippen molar-refractivity contribution in [1.82, 2.24) is 0 Å². The highest BCUT2D eigenvalue weighted by Gasteiger charge is 2.02. The molecule has 0 fully saturated rings. The standard InChI is InChI=1S/C12H14S2.C4H10.2C2H6/c1-3-10-6-7-12(14-10)8-11-5-4-9(2)13-11;1-3-4-2;2*1-2/h4-7H,3,8H2,1-2H3;3-4H2,1-2H3;2*1-2H3. The van der Waals surface area contributed by atoms with Gasteiger partial charge < -0.3 is 0 Å². The number of thiophene rings is 2. The minimum Gasteiger partial charge on any atom is -0.145 e. The Morgan fingerprint density at radius 1 is 0.682 bits per heavy atom. The Bertz CT molecular complexity index is 436. The van der Waals surface area contributed by atoms with Crippen LogP contribution in [0.4, 0.5) is 0 Å². The van der Waals surface area contributed by atoms with Crippen molar-refractivity contribution in [2.75, 3.05) is 0 Å². The zero-order valence-corrected chi connectivity index (χ0v) is 17.6. The molecule has 0 aliphatic carbocycles. The zero-order chi connectivity index (χ0) is 17.4. The monoisotopic (exact) mass is 340 g/mol. The Kier molecular flexibility index (Phi) is 18.0. The quantitative estimate of drug-likeness (QED) is 0.527. The molecule has 2 aromatic heterocycles. The molecule has 0 unspecified atom stereocenters. The van der Waals surface area contributed by atoms with E-state index in [0.717, 1.165) is 12.8 Å². The minimum absolute atomic E-state index is 1.11. The fourth-order valence-electron chi connectivity index (χ4n) is 1.46. The van der Waals surface area contributed by atoms with Gasteiger partial charge in [-0.25, -0.2) is 0 Å². The third-order valence-corrected chi connectivity index (χ3v) is 4.94. The maximum absolute atomic E-state index is 2.26. The lowest BCUT2D eigenvalue weighted by atomic mass is 10.3. The third kappa shape index (κ3) is 11.0. The van der Waals surface area contributed by atoms with Crippen molar-refractivity contribution in [3.8, 4) is 0 Å². The van der Waals surface area contributed by atoms with Crippen LogP contribution in [-0.4, -0.2) is 0 Å². The van der Waals surface area contributed by atoms with E-state index in [9.17, 15) is 0 Å². The Morgan fingerprint density at radius 2 is 1.14 bits per heavy atom. The molecule has 2 heterocycles. The van der Waals surface area contributed by atoms with Gasteiger partial charge in [-0.15, -0.1) is 22.7 Å². The smallest absolute Gasteiger partial charge is 0.0163 e. The Balaban J connectivity index is 0. The number of rotatable bonds is 4. The lowest BCUT2D eigenvalue weighted by Crippen LogP contribution is -1.76. The van der Waals surface area contributed by atoms with E-state index < -0.39 is 0 Å². The highest BCUT2D eigenvalue weighted by molar-refractivity contribution is 7.13. The summed E-state index contributed by atoms with van der Waals surface area (Å²) in [7, 11) is 0. The first-order valence-corrected chi connectivity index (χ1v) is 10.5.